The molecule has 1 nitrogen and oxygen atoms in total. The molecule has 2 heteroatoms. The number of hydrogen-bond acceptors (Lipinski definition) is 0. The van der Waals surface area contributed by atoms with Crippen LogP contribution in [0.25, 0.3) is 0 Å². The second-order valence-electron chi connectivity index (χ2n) is 2.98. The van der Waals surface area contributed by atoms with Crippen molar-refractivity contribution in [2.24, 2.45) is 0 Å². The summed E-state index contributed by atoms with van der Waals surface area (Å²) in [5, 5.41) is 0.890. The van der Waals surface area contributed by atoms with Gasteiger partial charge in [0.1, 0.15) is 0 Å². The molecule has 0 saturated carbocycles. The van der Waals surface area contributed by atoms with Gasteiger partial charge < -0.3 is 4.90 Å². The zero-order chi connectivity index (χ0) is 7.84. The van der Waals surface area contributed by atoms with Crippen molar-refractivity contribution in [3.63, 3.8) is 0 Å². The molecule has 1 heterocycles. The molecule has 0 radical (unpaired) electrons. The molecule has 2 rings (SSSR count). The van der Waals surface area contributed by atoms with Crippen molar-refractivity contribution in [3.8, 4) is 0 Å². The standard InChI is InChI=1S/C9H10ClN/c1-11-5-7-3-2-4-9(10)8(7)6-11/h2-4,11H,1,5-6H2. The highest BCUT2D eigenvalue weighted by molar-refractivity contribution is 6.31. The molecule has 0 fully saturated rings. The van der Waals surface area contributed by atoms with E-state index in [1.807, 2.05) is 12.1 Å². The van der Waals surface area contributed by atoms with Gasteiger partial charge in [-0.3, -0.25) is 0 Å². The Morgan fingerprint density at radius 2 is 2.18 bits per heavy atom. The first-order valence-corrected chi connectivity index (χ1v) is 4.08. The first-order valence-electron chi connectivity index (χ1n) is 3.70. The summed E-state index contributed by atoms with van der Waals surface area (Å²) >= 11 is 5.99. The van der Waals surface area contributed by atoms with Gasteiger partial charge in [-0.05, 0) is 6.07 Å². The molecule has 1 unspecified atom stereocenters. The monoisotopic (exact) mass is 167 g/mol. The van der Waals surface area contributed by atoms with E-state index in [1.54, 1.807) is 0 Å². The predicted octanol–water partition coefficient (Wildman–Crippen LogP) is 1.03. The van der Waals surface area contributed by atoms with Gasteiger partial charge in [0.15, 0.2) is 0 Å². The molecule has 11 heavy (non-hydrogen) atoms. The molecule has 1 aromatic carbocycles. The van der Waals surface area contributed by atoms with Crippen molar-refractivity contribution in [3.05, 3.63) is 41.4 Å². The minimum atomic E-state index is 0.890. The first-order chi connectivity index (χ1) is 5.27. The zero-order valence-corrected chi connectivity index (χ0v) is 6.99. The van der Waals surface area contributed by atoms with E-state index in [0.717, 1.165) is 18.1 Å². The third-order valence-electron chi connectivity index (χ3n) is 2.08. The van der Waals surface area contributed by atoms with Crippen LogP contribution in [-0.4, -0.2) is 0 Å². The van der Waals surface area contributed by atoms with Crippen LogP contribution in [-0.2, 0) is 13.1 Å². The van der Waals surface area contributed by atoms with Gasteiger partial charge >= 0.3 is 0 Å². The Morgan fingerprint density at radius 1 is 1.36 bits per heavy atom. The Bertz CT molecular complexity index is 283. The van der Waals surface area contributed by atoms with E-state index < -0.39 is 0 Å². The second-order valence-corrected chi connectivity index (χ2v) is 3.39. The van der Waals surface area contributed by atoms with Crippen molar-refractivity contribution < 1.29 is 4.90 Å². The van der Waals surface area contributed by atoms with Crippen molar-refractivity contribution in [2.75, 3.05) is 0 Å². The van der Waals surface area contributed by atoms with Gasteiger partial charge in [-0.1, -0.05) is 23.7 Å². The summed E-state index contributed by atoms with van der Waals surface area (Å²) in [6.45, 7) is 1.98. The average molecular weight is 168 g/mol. The largest absolute Gasteiger partial charge is 0.460 e. The van der Waals surface area contributed by atoms with Crippen LogP contribution in [0.15, 0.2) is 18.2 Å². The number of nitrogens with one attached hydrogen (secondary N) is 1. The predicted molar refractivity (Wildman–Crippen MR) is 45.2 cm³/mol. The Hall–Kier alpha value is -0.530. The first kappa shape index (κ1) is 7.14. The zero-order valence-electron chi connectivity index (χ0n) is 6.23. The van der Waals surface area contributed by atoms with Crippen LogP contribution < -0.4 is 4.90 Å². The van der Waals surface area contributed by atoms with Crippen molar-refractivity contribution in [1.29, 1.82) is 0 Å². The molecule has 0 bridgehead atoms. The molecule has 0 aromatic heterocycles. The average Bonchev–Trinajstić information content (AvgIpc) is 2.31. The highest BCUT2D eigenvalue weighted by atomic mass is 35.5. The topological polar surface area (TPSA) is 4.44 Å². The van der Waals surface area contributed by atoms with Gasteiger partial charge in [0.25, 0.3) is 0 Å². The minimum Gasteiger partial charge on any atom is -0.460 e. The van der Waals surface area contributed by atoms with Crippen LogP contribution in [0.1, 0.15) is 11.1 Å². The van der Waals surface area contributed by atoms with Gasteiger partial charge in [-0.15, -0.1) is 0 Å². The van der Waals surface area contributed by atoms with Gasteiger partial charge in [0.05, 0.1) is 13.1 Å². The van der Waals surface area contributed by atoms with E-state index in [1.165, 1.54) is 16.0 Å². The maximum Gasteiger partial charge on any atom is 0.0810 e. The second kappa shape index (κ2) is 2.50. The van der Waals surface area contributed by atoms with Crippen LogP contribution in [0.4, 0.5) is 0 Å². The summed E-state index contributed by atoms with van der Waals surface area (Å²) in [6.07, 6.45) is 0. The van der Waals surface area contributed by atoms with E-state index in [2.05, 4.69) is 13.1 Å². The number of quaternary nitrogens is 1. The summed E-state index contributed by atoms with van der Waals surface area (Å²) in [4.78, 5) is 1.27. The Morgan fingerprint density at radius 3 is 2.91 bits per heavy atom. The van der Waals surface area contributed by atoms with Gasteiger partial charge in [-0.2, -0.15) is 7.05 Å². The fraction of sp³-hybridized carbons (Fsp3) is 0.222. The lowest BCUT2D eigenvalue weighted by Crippen LogP contribution is -3.01. The number of hydrogen-bond donors (Lipinski definition) is 1. The fourth-order valence-electron chi connectivity index (χ4n) is 1.55. The van der Waals surface area contributed by atoms with E-state index in [4.69, 9.17) is 11.6 Å². The van der Waals surface area contributed by atoms with Crippen LogP contribution in [0.3, 0.4) is 0 Å². The van der Waals surface area contributed by atoms with E-state index in [-0.39, 0.29) is 0 Å². The summed E-state index contributed by atoms with van der Waals surface area (Å²) in [5.41, 5.74) is 2.63. The summed E-state index contributed by atoms with van der Waals surface area (Å²) in [7, 11) is 3.95. The van der Waals surface area contributed by atoms with E-state index in [9.17, 15) is 0 Å². The number of rotatable bonds is 0. The highest BCUT2D eigenvalue weighted by Gasteiger charge is 2.17. The van der Waals surface area contributed by atoms with Crippen LogP contribution in [0.5, 0.6) is 0 Å². The quantitative estimate of drug-likeness (QED) is 0.551. The lowest BCUT2D eigenvalue weighted by atomic mass is 10.1. The number of halogens is 1. The van der Waals surface area contributed by atoms with Gasteiger partial charge in [0.2, 0.25) is 0 Å². The summed E-state index contributed by atoms with van der Waals surface area (Å²) < 4.78 is 0. The molecule has 0 saturated heterocycles. The molecule has 1 atom stereocenters. The van der Waals surface area contributed by atoms with Gasteiger partial charge in [-0.25, -0.2) is 0 Å². The Labute approximate surface area is 71.6 Å². The summed E-state index contributed by atoms with van der Waals surface area (Å²) in [6, 6.07) is 6.07. The van der Waals surface area contributed by atoms with Crippen LogP contribution >= 0.6 is 11.6 Å². The normalized spacial score (nSPS) is 21.8. The third kappa shape index (κ3) is 1.15. The molecule has 0 spiro atoms. The molecule has 1 aliphatic heterocycles. The molecule has 0 amide bonds. The number of benzene rings is 1. The SMILES string of the molecule is [CH2-][NH+]1Cc2cccc(Cl)c2C1. The third-order valence-corrected chi connectivity index (χ3v) is 2.44. The smallest absolute Gasteiger partial charge is 0.0810 e. The molecule has 58 valence electrons. The van der Waals surface area contributed by atoms with Crippen LogP contribution in [0.2, 0.25) is 5.02 Å². The Kier molecular flexibility index (Phi) is 1.63. The van der Waals surface area contributed by atoms with Crippen molar-refractivity contribution in [1.82, 2.24) is 0 Å². The van der Waals surface area contributed by atoms with Crippen molar-refractivity contribution >= 4 is 11.6 Å². The van der Waals surface area contributed by atoms with Gasteiger partial charge in [0, 0.05) is 16.1 Å². The Balaban J connectivity index is 2.49. The maximum absolute atomic E-state index is 5.99. The molecule has 1 N–H and O–H groups in total. The molecule has 0 aliphatic carbocycles. The molecule has 1 aromatic rings. The molecular weight excluding hydrogens is 158 g/mol. The lowest BCUT2D eigenvalue weighted by molar-refractivity contribution is -0.874. The molecular formula is C9H10ClN. The minimum absolute atomic E-state index is 0.890. The molecule has 1 aliphatic rings. The maximum atomic E-state index is 5.99. The summed E-state index contributed by atoms with van der Waals surface area (Å²) in [5.74, 6) is 0. The lowest BCUT2D eigenvalue weighted by Gasteiger charge is -2.10. The number of fused-ring (bicyclic) bond motifs is 1. The van der Waals surface area contributed by atoms with E-state index >= 15 is 0 Å². The highest BCUT2D eigenvalue weighted by Crippen LogP contribution is 2.21. The van der Waals surface area contributed by atoms with Crippen LogP contribution in [0, 0.1) is 7.05 Å². The van der Waals surface area contributed by atoms with E-state index in [0.29, 0.717) is 0 Å². The van der Waals surface area contributed by atoms with Crippen molar-refractivity contribution in [2.45, 2.75) is 13.1 Å². The fourth-order valence-corrected chi connectivity index (χ4v) is 1.81.